The Morgan fingerprint density at radius 2 is 0.762 bits per heavy atom. The van der Waals surface area contributed by atoms with Gasteiger partial charge >= 0.3 is 0 Å². The van der Waals surface area contributed by atoms with Crippen molar-refractivity contribution in [3.63, 3.8) is 0 Å². The summed E-state index contributed by atoms with van der Waals surface area (Å²) in [5.74, 6) is 0.248. The van der Waals surface area contributed by atoms with Crippen LogP contribution in [0.1, 0.15) is 142 Å². The Balaban J connectivity index is 4.00. The Morgan fingerprint density at radius 3 is 1.07 bits per heavy atom. The van der Waals surface area contributed by atoms with Gasteiger partial charge in [-0.2, -0.15) is 0 Å². The molecule has 0 aromatic rings. The van der Waals surface area contributed by atoms with E-state index in [9.17, 15) is 9.59 Å². The van der Waals surface area contributed by atoms with Gasteiger partial charge in [0.15, 0.2) is 0 Å². The molecule has 0 heterocycles. The van der Waals surface area contributed by atoms with Crippen LogP contribution in [0.5, 0.6) is 0 Å². The lowest BCUT2D eigenvalue weighted by Gasteiger charge is -2.27. The number of nitrogens with zero attached hydrogens (tertiary/aromatic N) is 2. The maximum Gasteiger partial charge on any atom is 0.221 e. The van der Waals surface area contributed by atoms with Crippen molar-refractivity contribution in [3.05, 3.63) is 0 Å². The van der Waals surface area contributed by atoms with E-state index in [2.05, 4.69) is 34.3 Å². The predicted octanol–water partition coefficient (Wildman–Crippen LogP) is 5.58. The molecule has 0 aromatic heterocycles. The minimum Gasteiger partial charge on any atom is -0.356 e. The van der Waals surface area contributed by atoms with Gasteiger partial charge in [0.1, 0.15) is 0 Å². The maximum atomic E-state index is 12.4. The average molecular weight is 597 g/mol. The highest BCUT2D eigenvalue weighted by molar-refractivity contribution is 5.76. The van der Waals surface area contributed by atoms with Gasteiger partial charge < -0.3 is 31.9 Å². The van der Waals surface area contributed by atoms with Gasteiger partial charge in [0, 0.05) is 78.3 Å². The van der Waals surface area contributed by atoms with Crippen LogP contribution < -0.4 is 22.1 Å². The summed E-state index contributed by atoms with van der Waals surface area (Å²) in [7, 11) is 0. The largest absolute Gasteiger partial charge is 0.356 e. The standard InChI is InChI=1S/C34H72N6O2/c1-3-5-7-9-11-13-15-17-19-25-37-33(41)21-27-39(29-23-35)31-32-40(30-24-36)28-22-34(42)38-26-20-18-16-14-12-10-8-6-4-2/h3-32,35-36H2,1-2H3,(H,37,41)(H,38,42). The number of nitrogens with two attached hydrogens (primary N) is 2. The first-order chi connectivity index (χ1) is 20.6. The van der Waals surface area contributed by atoms with Gasteiger partial charge in [-0.05, 0) is 12.8 Å². The number of carbonyl (C=O) groups is 2. The van der Waals surface area contributed by atoms with Crippen LogP contribution in [-0.2, 0) is 9.59 Å². The molecule has 2 amide bonds. The maximum absolute atomic E-state index is 12.4. The fourth-order valence-corrected chi connectivity index (χ4v) is 5.34. The van der Waals surface area contributed by atoms with E-state index in [-0.39, 0.29) is 11.8 Å². The van der Waals surface area contributed by atoms with E-state index in [0.717, 1.165) is 52.1 Å². The Hall–Kier alpha value is -1.22. The van der Waals surface area contributed by atoms with Crippen LogP contribution >= 0.6 is 0 Å². The van der Waals surface area contributed by atoms with Gasteiger partial charge in [-0.3, -0.25) is 9.59 Å². The third kappa shape index (κ3) is 28.9. The van der Waals surface area contributed by atoms with Gasteiger partial charge in [0.05, 0.1) is 0 Å². The number of amides is 2. The van der Waals surface area contributed by atoms with Gasteiger partial charge in [-0.1, -0.05) is 117 Å². The van der Waals surface area contributed by atoms with Crippen LogP contribution in [0.4, 0.5) is 0 Å². The molecular formula is C34H72N6O2. The molecule has 0 aliphatic heterocycles. The summed E-state index contributed by atoms with van der Waals surface area (Å²) < 4.78 is 0. The summed E-state index contributed by atoms with van der Waals surface area (Å²) in [6.07, 6.45) is 24.2. The molecule has 0 radical (unpaired) electrons. The molecule has 0 atom stereocenters. The molecule has 0 unspecified atom stereocenters. The first-order valence-electron chi connectivity index (χ1n) is 18.0. The quantitative estimate of drug-likeness (QED) is 0.0735. The number of rotatable bonds is 33. The Kier molecular flexibility index (Phi) is 31.7. The van der Waals surface area contributed by atoms with Crippen molar-refractivity contribution in [2.75, 3.05) is 65.4 Å². The van der Waals surface area contributed by atoms with Crippen molar-refractivity contribution < 1.29 is 9.59 Å². The van der Waals surface area contributed by atoms with E-state index < -0.39 is 0 Å². The monoisotopic (exact) mass is 597 g/mol. The molecule has 6 N–H and O–H groups in total. The lowest BCUT2D eigenvalue weighted by atomic mass is 10.1. The highest BCUT2D eigenvalue weighted by Gasteiger charge is 2.12. The third-order valence-corrected chi connectivity index (χ3v) is 8.14. The van der Waals surface area contributed by atoms with Crippen LogP contribution in [0.3, 0.4) is 0 Å². The second-order valence-corrected chi connectivity index (χ2v) is 12.1. The van der Waals surface area contributed by atoms with Crippen molar-refractivity contribution in [1.29, 1.82) is 0 Å². The molecule has 0 saturated carbocycles. The van der Waals surface area contributed by atoms with Gasteiger partial charge in [-0.15, -0.1) is 0 Å². The molecule has 0 aliphatic rings. The average Bonchev–Trinajstić information content (AvgIpc) is 2.99. The van der Waals surface area contributed by atoms with Crippen LogP contribution in [0, 0.1) is 0 Å². The van der Waals surface area contributed by atoms with E-state index in [1.54, 1.807) is 0 Å². The van der Waals surface area contributed by atoms with E-state index in [0.29, 0.717) is 39.0 Å². The molecule has 8 nitrogen and oxygen atoms in total. The normalized spacial score (nSPS) is 11.5. The summed E-state index contributed by atoms with van der Waals surface area (Å²) in [5.41, 5.74) is 11.7. The summed E-state index contributed by atoms with van der Waals surface area (Å²) in [5, 5.41) is 6.18. The number of hydrogen-bond donors (Lipinski definition) is 4. The van der Waals surface area contributed by atoms with Crippen LogP contribution in [0.2, 0.25) is 0 Å². The van der Waals surface area contributed by atoms with Crippen LogP contribution in [-0.4, -0.2) is 87.1 Å². The summed E-state index contributed by atoms with van der Waals surface area (Å²) in [4.78, 5) is 29.3. The fraction of sp³-hybridized carbons (Fsp3) is 0.941. The zero-order chi connectivity index (χ0) is 30.9. The Bertz CT molecular complexity index is 542. The first-order valence-corrected chi connectivity index (χ1v) is 18.0. The highest BCUT2D eigenvalue weighted by Crippen LogP contribution is 2.10. The van der Waals surface area contributed by atoms with E-state index in [4.69, 9.17) is 11.5 Å². The molecule has 42 heavy (non-hydrogen) atoms. The van der Waals surface area contributed by atoms with E-state index in [1.165, 1.54) is 103 Å². The number of carbonyl (C=O) groups excluding carboxylic acids is 2. The van der Waals surface area contributed by atoms with Crippen LogP contribution in [0.25, 0.3) is 0 Å². The second-order valence-electron chi connectivity index (χ2n) is 12.1. The molecule has 250 valence electrons. The van der Waals surface area contributed by atoms with Crippen molar-refractivity contribution in [3.8, 4) is 0 Å². The summed E-state index contributed by atoms with van der Waals surface area (Å²) in [6, 6.07) is 0. The smallest absolute Gasteiger partial charge is 0.221 e. The zero-order valence-electron chi connectivity index (χ0n) is 28.1. The molecule has 0 rings (SSSR count). The number of nitrogens with one attached hydrogen (secondary N) is 2. The van der Waals surface area contributed by atoms with Gasteiger partial charge in [0.25, 0.3) is 0 Å². The predicted molar refractivity (Wildman–Crippen MR) is 181 cm³/mol. The molecule has 0 aromatic carbocycles. The molecular weight excluding hydrogens is 524 g/mol. The fourth-order valence-electron chi connectivity index (χ4n) is 5.34. The Morgan fingerprint density at radius 1 is 0.452 bits per heavy atom. The zero-order valence-corrected chi connectivity index (χ0v) is 28.1. The van der Waals surface area contributed by atoms with Crippen LogP contribution in [0.15, 0.2) is 0 Å². The van der Waals surface area contributed by atoms with Gasteiger partial charge in [0.2, 0.25) is 11.8 Å². The third-order valence-electron chi connectivity index (χ3n) is 8.14. The van der Waals surface area contributed by atoms with Crippen molar-refractivity contribution in [2.24, 2.45) is 11.5 Å². The SMILES string of the molecule is CCCCCCCCCCCNC(=O)CCN(CCN)CCN(CCN)CCC(=O)NCCCCCCCCCCC. The highest BCUT2D eigenvalue weighted by atomic mass is 16.2. The second kappa shape index (κ2) is 32.7. The van der Waals surface area contributed by atoms with Gasteiger partial charge in [-0.25, -0.2) is 0 Å². The van der Waals surface area contributed by atoms with E-state index >= 15 is 0 Å². The molecule has 0 bridgehead atoms. The van der Waals surface area contributed by atoms with Crippen molar-refractivity contribution in [1.82, 2.24) is 20.4 Å². The lowest BCUT2D eigenvalue weighted by Crippen LogP contribution is -2.42. The topological polar surface area (TPSA) is 117 Å². The molecule has 0 aliphatic carbocycles. The van der Waals surface area contributed by atoms with Crippen molar-refractivity contribution in [2.45, 2.75) is 142 Å². The minimum atomic E-state index is 0.124. The lowest BCUT2D eigenvalue weighted by molar-refractivity contribution is -0.122. The molecule has 0 fully saturated rings. The van der Waals surface area contributed by atoms with E-state index in [1.807, 2.05) is 0 Å². The number of hydrogen-bond acceptors (Lipinski definition) is 6. The number of unbranched alkanes of at least 4 members (excludes halogenated alkanes) is 16. The Labute approximate surface area is 260 Å². The summed E-state index contributed by atoms with van der Waals surface area (Å²) in [6.45, 7) is 11.8. The minimum absolute atomic E-state index is 0.124. The summed E-state index contributed by atoms with van der Waals surface area (Å²) >= 11 is 0. The molecule has 8 heteroatoms. The molecule has 0 saturated heterocycles. The molecule has 0 spiro atoms. The van der Waals surface area contributed by atoms with Crippen molar-refractivity contribution >= 4 is 11.8 Å². The first kappa shape index (κ1) is 40.8.